The first-order valence-corrected chi connectivity index (χ1v) is 6.06. The van der Waals surface area contributed by atoms with E-state index >= 15 is 0 Å². The number of para-hydroxylation sites is 1. The van der Waals surface area contributed by atoms with Gasteiger partial charge in [0.25, 0.3) is 0 Å². The molecule has 0 fully saturated rings. The van der Waals surface area contributed by atoms with E-state index in [9.17, 15) is 9.50 Å². The fourth-order valence-corrected chi connectivity index (χ4v) is 1.68. The number of likely N-dealkylation sites (N-methyl/N-ethyl adjacent to an activating group) is 1. The van der Waals surface area contributed by atoms with E-state index in [1.165, 1.54) is 6.07 Å². The molecule has 1 aromatic rings. The van der Waals surface area contributed by atoms with Crippen LogP contribution in [0.3, 0.4) is 0 Å². The SMILES string of the molecule is CCN(CC)CC(O)CNc1ccccc1F. The van der Waals surface area contributed by atoms with Gasteiger partial charge in [-0.2, -0.15) is 0 Å². The Hall–Kier alpha value is -1.13. The molecule has 17 heavy (non-hydrogen) atoms. The molecule has 0 aromatic heterocycles. The van der Waals surface area contributed by atoms with Crippen molar-refractivity contribution in [3.05, 3.63) is 30.1 Å². The van der Waals surface area contributed by atoms with Crippen molar-refractivity contribution >= 4 is 5.69 Å². The molecular formula is C13H21FN2O. The second-order valence-electron chi connectivity index (χ2n) is 4.00. The van der Waals surface area contributed by atoms with Crippen LogP contribution in [0.1, 0.15) is 13.8 Å². The highest BCUT2D eigenvalue weighted by Gasteiger charge is 2.09. The monoisotopic (exact) mass is 240 g/mol. The third-order valence-electron chi connectivity index (χ3n) is 2.77. The number of hydrogen-bond acceptors (Lipinski definition) is 3. The van der Waals surface area contributed by atoms with E-state index in [1.807, 2.05) is 0 Å². The highest BCUT2D eigenvalue weighted by atomic mass is 19.1. The molecule has 0 heterocycles. The van der Waals surface area contributed by atoms with Crippen LogP contribution in [0.2, 0.25) is 0 Å². The van der Waals surface area contributed by atoms with Crippen LogP contribution in [0.25, 0.3) is 0 Å². The highest BCUT2D eigenvalue weighted by Crippen LogP contribution is 2.12. The molecule has 0 spiro atoms. The number of nitrogens with zero attached hydrogens (tertiary/aromatic N) is 1. The normalized spacial score (nSPS) is 12.8. The molecule has 0 aliphatic heterocycles. The number of rotatable bonds is 7. The molecule has 0 aliphatic carbocycles. The summed E-state index contributed by atoms with van der Waals surface area (Å²) >= 11 is 0. The number of anilines is 1. The van der Waals surface area contributed by atoms with Gasteiger partial charge in [0, 0.05) is 13.1 Å². The van der Waals surface area contributed by atoms with Crippen LogP contribution in [0.15, 0.2) is 24.3 Å². The smallest absolute Gasteiger partial charge is 0.146 e. The number of aliphatic hydroxyl groups is 1. The fraction of sp³-hybridized carbons (Fsp3) is 0.538. The van der Waals surface area contributed by atoms with E-state index in [4.69, 9.17) is 0 Å². The summed E-state index contributed by atoms with van der Waals surface area (Å²) in [6.07, 6.45) is -0.491. The van der Waals surface area contributed by atoms with Gasteiger partial charge < -0.3 is 15.3 Å². The maximum atomic E-state index is 13.3. The Morgan fingerprint density at radius 1 is 1.29 bits per heavy atom. The van der Waals surface area contributed by atoms with Gasteiger partial charge in [-0.3, -0.25) is 0 Å². The molecule has 0 aliphatic rings. The van der Waals surface area contributed by atoms with Crippen molar-refractivity contribution < 1.29 is 9.50 Å². The molecule has 4 heteroatoms. The fourth-order valence-electron chi connectivity index (χ4n) is 1.68. The maximum absolute atomic E-state index is 13.3. The number of hydrogen-bond donors (Lipinski definition) is 2. The van der Waals surface area contributed by atoms with Crippen LogP contribution in [0.5, 0.6) is 0 Å². The molecule has 96 valence electrons. The van der Waals surface area contributed by atoms with E-state index in [1.54, 1.807) is 18.2 Å². The molecule has 0 saturated carbocycles. The lowest BCUT2D eigenvalue weighted by Gasteiger charge is -2.22. The molecule has 1 atom stereocenters. The summed E-state index contributed by atoms with van der Waals surface area (Å²) in [6.45, 7) is 6.90. The summed E-state index contributed by atoms with van der Waals surface area (Å²) in [5, 5.41) is 12.7. The van der Waals surface area contributed by atoms with Crippen LogP contribution in [-0.2, 0) is 0 Å². The lowest BCUT2D eigenvalue weighted by atomic mass is 10.2. The third kappa shape index (κ3) is 4.71. The van der Waals surface area contributed by atoms with Crippen molar-refractivity contribution in [2.45, 2.75) is 20.0 Å². The Morgan fingerprint density at radius 3 is 2.53 bits per heavy atom. The largest absolute Gasteiger partial charge is 0.390 e. The molecular weight excluding hydrogens is 219 g/mol. The minimum atomic E-state index is -0.491. The van der Waals surface area contributed by atoms with Crippen molar-refractivity contribution in [3.63, 3.8) is 0 Å². The van der Waals surface area contributed by atoms with Crippen LogP contribution >= 0.6 is 0 Å². The first-order chi connectivity index (χ1) is 8.17. The molecule has 0 radical (unpaired) electrons. The standard InChI is InChI=1S/C13H21FN2O/c1-3-16(4-2)10-11(17)9-15-13-8-6-5-7-12(13)14/h5-8,11,15,17H,3-4,9-10H2,1-2H3. The lowest BCUT2D eigenvalue weighted by molar-refractivity contribution is 0.128. The van der Waals surface area contributed by atoms with E-state index < -0.39 is 6.10 Å². The predicted octanol–water partition coefficient (Wildman–Crippen LogP) is 1.94. The van der Waals surface area contributed by atoms with E-state index in [2.05, 4.69) is 24.1 Å². The van der Waals surface area contributed by atoms with Gasteiger partial charge in [-0.25, -0.2) is 4.39 Å². The van der Waals surface area contributed by atoms with Crippen molar-refractivity contribution in [2.75, 3.05) is 31.5 Å². The van der Waals surface area contributed by atoms with Crippen LogP contribution < -0.4 is 5.32 Å². The van der Waals surface area contributed by atoms with Gasteiger partial charge in [-0.15, -0.1) is 0 Å². The van der Waals surface area contributed by atoms with Gasteiger partial charge in [0.05, 0.1) is 11.8 Å². The zero-order valence-electron chi connectivity index (χ0n) is 10.5. The minimum absolute atomic E-state index is 0.289. The molecule has 0 saturated heterocycles. The summed E-state index contributed by atoms with van der Waals surface area (Å²) in [5.74, 6) is -0.289. The minimum Gasteiger partial charge on any atom is -0.390 e. The van der Waals surface area contributed by atoms with Gasteiger partial charge in [0.15, 0.2) is 0 Å². The topological polar surface area (TPSA) is 35.5 Å². The third-order valence-corrected chi connectivity index (χ3v) is 2.77. The maximum Gasteiger partial charge on any atom is 0.146 e. The Bertz CT molecular complexity index is 329. The Kier molecular flexibility index (Phi) is 5.94. The quantitative estimate of drug-likeness (QED) is 0.764. The van der Waals surface area contributed by atoms with Crippen LogP contribution in [-0.4, -0.2) is 42.3 Å². The first kappa shape index (κ1) is 13.9. The second kappa shape index (κ2) is 7.25. The lowest BCUT2D eigenvalue weighted by Crippen LogP contribution is -2.36. The van der Waals surface area contributed by atoms with Crippen LogP contribution in [0.4, 0.5) is 10.1 Å². The highest BCUT2D eigenvalue weighted by molar-refractivity contribution is 5.44. The molecule has 0 bridgehead atoms. The number of halogens is 1. The van der Waals surface area contributed by atoms with Gasteiger partial charge >= 0.3 is 0 Å². The number of nitrogens with one attached hydrogen (secondary N) is 1. The zero-order valence-corrected chi connectivity index (χ0v) is 10.5. The predicted molar refractivity (Wildman–Crippen MR) is 68.7 cm³/mol. The number of benzene rings is 1. The summed E-state index contributed by atoms with van der Waals surface area (Å²) in [7, 11) is 0. The average Bonchev–Trinajstić information content (AvgIpc) is 2.35. The molecule has 2 N–H and O–H groups in total. The van der Waals surface area contributed by atoms with Crippen molar-refractivity contribution in [2.24, 2.45) is 0 Å². The molecule has 0 amide bonds. The summed E-state index contributed by atoms with van der Waals surface area (Å²) < 4.78 is 13.3. The zero-order chi connectivity index (χ0) is 12.7. The van der Waals surface area contributed by atoms with E-state index in [0.29, 0.717) is 18.8 Å². The molecule has 1 unspecified atom stereocenters. The van der Waals surface area contributed by atoms with Gasteiger partial charge in [0.2, 0.25) is 0 Å². The van der Waals surface area contributed by atoms with Crippen molar-refractivity contribution in [1.82, 2.24) is 4.90 Å². The Labute approximate surface area is 102 Å². The summed E-state index contributed by atoms with van der Waals surface area (Å²) in [4.78, 5) is 2.13. The Morgan fingerprint density at radius 2 is 1.94 bits per heavy atom. The Balaban J connectivity index is 2.38. The van der Waals surface area contributed by atoms with Crippen molar-refractivity contribution in [1.29, 1.82) is 0 Å². The molecule has 1 aromatic carbocycles. The summed E-state index contributed by atoms with van der Waals surface area (Å²) in [5.41, 5.74) is 0.436. The number of aliphatic hydroxyl groups excluding tert-OH is 1. The molecule has 1 rings (SSSR count). The van der Waals surface area contributed by atoms with E-state index in [0.717, 1.165) is 13.1 Å². The van der Waals surface area contributed by atoms with E-state index in [-0.39, 0.29) is 5.82 Å². The first-order valence-electron chi connectivity index (χ1n) is 6.06. The van der Waals surface area contributed by atoms with Gasteiger partial charge in [0.1, 0.15) is 5.82 Å². The average molecular weight is 240 g/mol. The van der Waals surface area contributed by atoms with Gasteiger partial charge in [-0.05, 0) is 25.2 Å². The second-order valence-corrected chi connectivity index (χ2v) is 4.00. The van der Waals surface area contributed by atoms with Crippen LogP contribution in [0, 0.1) is 5.82 Å². The van der Waals surface area contributed by atoms with Crippen molar-refractivity contribution in [3.8, 4) is 0 Å². The van der Waals surface area contributed by atoms with Gasteiger partial charge in [-0.1, -0.05) is 26.0 Å². The molecule has 3 nitrogen and oxygen atoms in total. The summed E-state index contributed by atoms with van der Waals surface area (Å²) in [6, 6.07) is 6.48.